The van der Waals surface area contributed by atoms with Crippen LogP contribution in [0.25, 0.3) is 0 Å². The Hall–Kier alpha value is -2.57. The zero-order valence-corrected chi connectivity index (χ0v) is 15.1. The molecule has 0 saturated carbocycles. The second-order valence-electron chi connectivity index (χ2n) is 6.67. The van der Waals surface area contributed by atoms with Crippen LogP contribution in [-0.4, -0.2) is 54.1 Å². The minimum absolute atomic E-state index is 0.00134. The maximum absolute atomic E-state index is 12.6. The van der Waals surface area contributed by atoms with E-state index >= 15 is 0 Å². The molecule has 0 radical (unpaired) electrons. The van der Waals surface area contributed by atoms with Gasteiger partial charge in [0.2, 0.25) is 5.91 Å². The molecule has 3 amide bonds. The standard InChI is InChI=1S/C19H27N3O4/c1-20-18(25)15-8-5-11-22(13-15)19(26)21-16(9-10-17(23)24)12-14-6-3-2-4-7-14/h2-4,6-7,15-16H,5,8-13H2,1H3,(H,20,25)(H,21,26)(H,23,24). The maximum Gasteiger partial charge on any atom is 0.317 e. The Balaban J connectivity index is 1.97. The lowest BCUT2D eigenvalue weighted by atomic mass is 9.97. The number of benzene rings is 1. The number of piperidine rings is 1. The SMILES string of the molecule is CNC(=O)C1CCCN(C(=O)NC(CCC(=O)O)Cc2ccccc2)C1. The van der Waals surface area contributed by atoms with Crippen LogP contribution in [0.2, 0.25) is 0 Å². The molecule has 142 valence electrons. The third kappa shape index (κ3) is 6.06. The van der Waals surface area contributed by atoms with E-state index in [1.807, 2.05) is 30.3 Å². The summed E-state index contributed by atoms with van der Waals surface area (Å²) >= 11 is 0. The molecule has 0 aliphatic carbocycles. The number of carbonyl (C=O) groups is 3. The molecule has 1 aliphatic heterocycles. The van der Waals surface area contributed by atoms with Crippen LogP contribution in [0.5, 0.6) is 0 Å². The number of nitrogens with one attached hydrogen (secondary N) is 2. The van der Waals surface area contributed by atoms with Crippen molar-refractivity contribution >= 4 is 17.9 Å². The van der Waals surface area contributed by atoms with Gasteiger partial charge in [0.25, 0.3) is 0 Å². The predicted molar refractivity (Wildman–Crippen MR) is 97.7 cm³/mol. The van der Waals surface area contributed by atoms with Crippen molar-refractivity contribution in [1.29, 1.82) is 0 Å². The van der Waals surface area contributed by atoms with Gasteiger partial charge in [-0.1, -0.05) is 30.3 Å². The summed E-state index contributed by atoms with van der Waals surface area (Å²) in [5.41, 5.74) is 1.05. The third-order valence-corrected chi connectivity index (χ3v) is 4.68. The highest BCUT2D eigenvalue weighted by molar-refractivity contribution is 5.80. The first-order valence-electron chi connectivity index (χ1n) is 9.02. The van der Waals surface area contributed by atoms with Gasteiger partial charge in [0.05, 0.1) is 5.92 Å². The maximum atomic E-state index is 12.6. The largest absolute Gasteiger partial charge is 0.481 e. The first-order chi connectivity index (χ1) is 12.5. The lowest BCUT2D eigenvalue weighted by molar-refractivity contribution is -0.137. The average molecular weight is 361 g/mol. The molecule has 7 nitrogen and oxygen atoms in total. The number of rotatable bonds is 7. The van der Waals surface area contributed by atoms with Crippen LogP contribution in [0, 0.1) is 5.92 Å². The lowest BCUT2D eigenvalue weighted by Gasteiger charge is -2.33. The van der Waals surface area contributed by atoms with E-state index in [9.17, 15) is 14.4 Å². The Morgan fingerprint density at radius 1 is 1.27 bits per heavy atom. The normalized spacial score (nSPS) is 18.0. The average Bonchev–Trinajstić information content (AvgIpc) is 2.66. The van der Waals surface area contributed by atoms with Crippen molar-refractivity contribution < 1.29 is 19.5 Å². The number of hydrogen-bond acceptors (Lipinski definition) is 3. The van der Waals surface area contributed by atoms with Gasteiger partial charge in [-0.2, -0.15) is 0 Å². The van der Waals surface area contributed by atoms with Crippen LogP contribution in [0.4, 0.5) is 4.79 Å². The molecule has 1 heterocycles. The summed E-state index contributed by atoms with van der Waals surface area (Å²) < 4.78 is 0. The number of urea groups is 1. The molecule has 3 N–H and O–H groups in total. The molecule has 1 aliphatic rings. The van der Waals surface area contributed by atoms with Crippen molar-refractivity contribution in [3.8, 4) is 0 Å². The molecule has 2 rings (SSSR count). The van der Waals surface area contributed by atoms with Crippen LogP contribution in [0.1, 0.15) is 31.2 Å². The van der Waals surface area contributed by atoms with Gasteiger partial charge in [0.15, 0.2) is 0 Å². The topological polar surface area (TPSA) is 98.7 Å². The van der Waals surface area contributed by atoms with Gasteiger partial charge in [0.1, 0.15) is 0 Å². The van der Waals surface area contributed by atoms with E-state index in [1.165, 1.54) is 0 Å². The number of carbonyl (C=O) groups excluding carboxylic acids is 2. The van der Waals surface area contributed by atoms with E-state index in [0.717, 1.165) is 18.4 Å². The number of hydrogen-bond donors (Lipinski definition) is 3. The fourth-order valence-electron chi connectivity index (χ4n) is 3.27. The van der Waals surface area contributed by atoms with Gasteiger partial charge in [-0.3, -0.25) is 9.59 Å². The molecule has 7 heteroatoms. The van der Waals surface area contributed by atoms with Crippen molar-refractivity contribution in [2.45, 2.75) is 38.1 Å². The fourth-order valence-corrected chi connectivity index (χ4v) is 3.27. The fraction of sp³-hybridized carbons (Fsp3) is 0.526. The Bertz CT molecular complexity index is 620. The summed E-state index contributed by atoms with van der Waals surface area (Å²) in [6.45, 7) is 0.999. The zero-order valence-electron chi connectivity index (χ0n) is 15.1. The molecule has 0 bridgehead atoms. The smallest absolute Gasteiger partial charge is 0.317 e. The van der Waals surface area contributed by atoms with Gasteiger partial charge in [0, 0.05) is 32.6 Å². The minimum atomic E-state index is -0.880. The molecule has 0 aromatic heterocycles. The molecule has 2 atom stereocenters. The number of carboxylic acids is 1. The van der Waals surface area contributed by atoms with Gasteiger partial charge < -0.3 is 20.6 Å². The van der Waals surface area contributed by atoms with Crippen molar-refractivity contribution in [2.24, 2.45) is 5.92 Å². The second kappa shape index (κ2) is 9.79. The van der Waals surface area contributed by atoms with E-state index in [4.69, 9.17) is 5.11 Å². The Morgan fingerprint density at radius 2 is 2.00 bits per heavy atom. The highest BCUT2D eigenvalue weighted by atomic mass is 16.4. The summed E-state index contributed by atoms with van der Waals surface area (Å²) in [5.74, 6) is -1.12. The van der Waals surface area contributed by atoms with Gasteiger partial charge in [-0.05, 0) is 31.2 Å². The van der Waals surface area contributed by atoms with Crippen LogP contribution in [0.15, 0.2) is 30.3 Å². The molecular weight excluding hydrogens is 334 g/mol. The molecule has 0 spiro atoms. The van der Waals surface area contributed by atoms with E-state index in [1.54, 1.807) is 11.9 Å². The summed E-state index contributed by atoms with van der Waals surface area (Å²) in [6, 6.07) is 9.19. The Kier molecular flexibility index (Phi) is 7.44. The molecule has 1 aromatic rings. The number of carboxylic acid groups (broad SMARTS) is 1. The molecule has 26 heavy (non-hydrogen) atoms. The summed E-state index contributed by atoms with van der Waals surface area (Å²) in [5, 5.41) is 14.6. The van der Waals surface area contributed by atoms with Crippen LogP contribution < -0.4 is 10.6 Å². The summed E-state index contributed by atoms with van der Waals surface area (Å²) in [7, 11) is 1.60. The molecule has 1 saturated heterocycles. The lowest BCUT2D eigenvalue weighted by Crippen LogP contribution is -2.51. The predicted octanol–water partition coefficient (Wildman–Crippen LogP) is 1.63. The number of nitrogens with zero attached hydrogens (tertiary/aromatic N) is 1. The number of aliphatic carboxylic acids is 1. The van der Waals surface area contributed by atoms with E-state index in [-0.39, 0.29) is 30.3 Å². The van der Waals surface area contributed by atoms with Crippen molar-refractivity contribution in [3.63, 3.8) is 0 Å². The molecular formula is C19H27N3O4. The van der Waals surface area contributed by atoms with Crippen molar-refractivity contribution in [1.82, 2.24) is 15.5 Å². The molecule has 1 fully saturated rings. The molecule has 1 aromatic carbocycles. The number of likely N-dealkylation sites (tertiary alicyclic amines) is 1. The van der Waals surface area contributed by atoms with Gasteiger partial charge in [-0.15, -0.1) is 0 Å². The first kappa shape index (κ1) is 19.8. The number of amides is 3. The first-order valence-corrected chi connectivity index (χ1v) is 9.02. The summed E-state index contributed by atoms with van der Waals surface area (Å²) in [4.78, 5) is 37.1. The van der Waals surface area contributed by atoms with Gasteiger partial charge >= 0.3 is 12.0 Å². The van der Waals surface area contributed by atoms with E-state index in [0.29, 0.717) is 25.9 Å². The third-order valence-electron chi connectivity index (χ3n) is 4.68. The summed E-state index contributed by atoms with van der Waals surface area (Å²) in [6.07, 6.45) is 2.49. The highest BCUT2D eigenvalue weighted by Gasteiger charge is 2.28. The monoisotopic (exact) mass is 361 g/mol. The zero-order chi connectivity index (χ0) is 18.9. The van der Waals surface area contributed by atoms with E-state index < -0.39 is 5.97 Å². The quantitative estimate of drug-likeness (QED) is 0.687. The second-order valence-corrected chi connectivity index (χ2v) is 6.67. The molecule has 2 unspecified atom stereocenters. The van der Waals surface area contributed by atoms with Crippen LogP contribution in [-0.2, 0) is 16.0 Å². The Morgan fingerprint density at radius 3 is 2.65 bits per heavy atom. The van der Waals surface area contributed by atoms with Crippen LogP contribution >= 0.6 is 0 Å². The van der Waals surface area contributed by atoms with Crippen molar-refractivity contribution in [2.75, 3.05) is 20.1 Å². The van der Waals surface area contributed by atoms with Crippen molar-refractivity contribution in [3.05, 3.63) is 35.9 Å². The minimum Gasteiger partial charge on any atom is -0.481 e. The van der Waals surface area contributed by atoms with Gasteiger partial charge in [-0.25, -0.2) is 4.79 Å². The van der Waals surface area contributed by atoms with Crippen LogP contribution in [0.3, 0.4) is 0 Å². The highest BCUT2D eigenvalue weighted by Crippen LogP contribution is 2.17. The Labute approximate surface area is 153 Å². The van der Waals surface area contributed by atoms with E-state index in [2.05, 4.69) is 10.6 Å².